The summed E-state index contributed by atoms with van der Waals surface area (Å²) >= 11 is -0.0390. The molecule has 0 unspecified atom stereocenters. The van der Waals surface area contributed by atoms with E-state index in [0.29, 0.717) is 6.04 Å². The molecule has 0 amide bonds. The van der Waals surface area contributed by atoms with Crippen molar-refractivity contribution in [1.29, 1.82) is 0 Å². The van der Waals surface area contributed by atoms with Gasteiger partial charge in [-0.3, -0.25) is 0 Å². The third-order valence-electron chi connectivity index (χ3n) is 2.94. The van der Waals surface area contributed by atoms with E-state index in [9.17, 15) is 13.2 Å². The van der Waals surface area contributed by atoms with Crippen LogP contribution in [0.25, 0.3) is 0 Å². The van der Waals surface area contributed by atoms with Crippen molar-refractivity contribution in [2.24, 2.45) is 0 Å². The minimum absolute atomic E-state index is 0.0390. The number of nitrogens with one attached hydrogen (secondary N) is 1. The fourth-order valence-corrected chi connectivity index (χ4v) is 2.64. The highest BCUT2D eigenvalue weighted by atomic mass is 32.2. The molecule has 1 N–H and O–H groups in total. The minimum atomic E-state index is -4.22. The fourth-order valence-electron chi connectivity index (χ4n) is 1.92. The lowest BCUT2D eigenvalue weighted by molar-refractivity contribution is -0.0328. The first kappa shape index (κ1) is 16.4. The van der Waals surface area contributed by atoms with E-state index in [1.165, 1.54) is 0 Å². The van der Waals surface area contributed by atoms with Gasteiger partial charge in [0, 0.05) is 10.9 Å². The number of thioether (sulfide) groups is 1. The van der Waals surface area contributed by atoms with E-state index in [2.05, 4.69) is 12.2 Å². The van der Waals surface area contributed by atoms with Crippen LogP contribution in [0, 0.1) is 6.92 Å². The van der Waals surface area contributed by atoms with Crippen LogP contribution in [0.2, 0.25) is 0 Å². The van der Waals surface area contributed by atoms with Crippen molar-refractivity contribution in [3.8, 4) is 0 Å². The molecular formula is C14H20F3NS. The second-order valence-corrected chi connectivity index (χ2v) is 5.92. The first-order valence-corrected chi connectivity index (χ1v) is 7.15. The van der Waals surface area contributed by atoms with Crippen molar-refractivity contribution < 1.29 is 13.2 Å². The quantitative estimate of drug-likeness (QED) is 0.772. The van der Waals surface area contributed by atoms with E-state index >= 15 is 0 Å². The second kappa shape index (κ2) is 7.20. The van der Waals surface area contributed by atoms with Crippen LogP contribution in [0.1, 0.15) is 30.9 Å². The maximum Gasteiger partial charge on any atom is 0.446 e. The van der Waals surface area contributed by atoms with Crippen LogP contribution >= 0.6 is 11.8 Å². The van der Waals surface area contributed by atoms with E-state index in [1.54, 1.807) is 12.1 Å². The van der Waals surface area contributed by atoms with Crippen LogP contribution in [-0.2, 0) is 6.42 Å². The van der Waals surface area contributed by atoms with Crippen LogP contribution in [0.15, 0.2) is 23.1 Å². The summed E-state index contributed by atoms with van der Waals surface area (Å²) in [5.41, 5.74) is -2.35. The van der Waals surface area contributed by atoms with Crippen molar-refractivity contribution in [3.05, 3.63) is 29.3 Å². The Morgan fingerprint density at radius 2 is 1.95 bits per heavy atom. The maximum atomic E-state index is 12.4. The van der Waals surface area contributed by atoms with Gasteiger partial charge in [-0.2, -0.15) is 13.2 Å². The summed E-state index contributed by atoms with van der Waals surface area (Å²) in [6.45, 7) is 3.93. The number of benzene rings is 1. The van der Waals surface area contributed by atoms with Crippen molar-refractivity contribution in [2.45, 2.75) is 49.6 Å². The smallest absolute Gasteiger partial charge is 0.317 e. The highest BCUT2D eigenvalue weighted by Crippen LogP contribution is 2.37. The van der Waals surface area contributed by atoms with Crippen LogP contribution in [0.5, 0.6) is 0 Å². The van der Waals surface area contributed by atoms with Crippen molar-refractivity contribution in [1.82, 2.24) is 5.32 Å². The molecule has 19 heavy (non-hydrogen) atoms. The molecule has 0 saturated heterocycles. The van der Waals surface area contributed by atoms with Crippen molar-refractivity contribution in [3.63, 3.8) is 0 Å². The molecule has 0 fully saturated rings. The highest BCUT2D eigenvalue weighted by Gasteiger charge is 2.29. The topological polar surface area (TPSA) is 12.0 Å². The van der Waals surface area contributed by atoms with Gasteiger partial charge in [-0.05, 0) is 75.2 Å². The van der Waals surface area contributed by atoms with Crippen LogP contribution in [-0.4, -0.2) is 18.6 Å². The SMILES string of the molecule is CN[C@@H](C)CCCc1cc(C)cc(SC(F)(F)F)c1. The molecule has 0 saturated carbocycles. The lowest BCUT2D eigenvalue weighted by atomic mass is 10.0. The van der Waals surface area contributed by atoms with Gasteiger partial charge in [-0.1, -0.05) is 6.07 Å². The Morgan fingerprint density at radius 1 is 1.26 bits per heavy atom. The highest BCUT2D eigenvalue weighted by molar-refractivity contribution is 8.00. The molecule has 0 aliphatic carbocycles. The first-order valence-electron chi connectivity index (χ1n) is 6.34. The summed E-state index contributed by atoms with van der Waals surface area (Å²) in [6, 6.07) is 5.63. The first-order chi connectivity index (χ1) is 8.80. The number of hydrogen-bond acceptors (Lipinski definition) is 2. The van der Waals surface area contributed by atoms with Crippen LogP contribution < -0.4 is 5.32 Å². The predicted molar refractivity (Wildman–Crippen MR) is 74.6 cm³/mol. The molecule has 0 radical (unpaired) electrons. The monoisotopic (exact) mass is 291 g/mol. The second-order valence-electron chi connectivity index (χ2n) is 4.78. The van der Waals surface area contributed by atoms with E-state index in [4.69, 9.17) is 0 Å². The molecule has 1 aromatic rings. The zero-order valence-electron chi connectivity index (χ0n) is 11.5. The minimum Gasteiger partial charge on any atom is -0.317 e. The van der Waals surface area contributed by atoms with Gasteiger partial charge in [0.25, 0.3) is 0 Å². The van der Waals surface area contributed by atoms with Gasteiger partial charge in [0.05, 0.1) is 0 Å². The molecule has 1 atom stereocenters. The zero-order chi connectivity index (χ0) is 14.5. The Bertz CT molecular complexity index is 404. The van der Waals surface area contributed by atoms with E-state index < -0.39 is 5.51 Å². The number of hydrogen-bond donors (Lipinski definition) is 1. The largest absolute Gasteiger partial charge is 0.446 e. The molecule has 1 aromatic carbocycles. The molecule has 5 heteroatoms. The molecule has 0 heterocycles. The summed E-state index contributed by atoms with van der Waals surface area (Å²) in [4.78, 5) is 0.282. The molecule has 0 aliphatic rings. The fraction of sp³-hybridized carbons (Fsp3) is 0.571. The standard InChI is InChI=1S/C14H20F3NS/c1-10-7-12(6-4-5-11(2)18-3)9-13(8-10)19-14(15,16)17/h7-9,11,18H,4-6H2,1-3H3/t11-/m0/s1. The molecule has 1 rings (SSSR count). The molecule has 0 bridgehead atoms. The van der Waals surface area contributed by atoms with Gasteiger partial charge in [-0.15, -0.1) is 0 Å². The Labute approximate surface area is 117 Å². The lowest BCUT2D eigenvalue weighted by Gasteiger charge is -2.11. The van der Waals surface area contributed by atoms with Crippen LogP contribution in [0.4, 0.5) is 13.2 Å². The summed E-state index contributed by atoms with van der Waals surface area (Å²) in [5, 5.41) is 3.15. The number of aryl methyl sites for hydroxylation is 2. The average Bonchev–Trinajstić information content (AvgIpc) is 2.25. The summed E-state index contributed by atoms with van der Waals surface area (Å²) < 4.78 is 37.1. The number of alkyl halides is 3. The zero-order valence-corrected chi connectivity index (χ0v) is 12.3. The Hall–Kier alpha value is -0.680. The van der Waals surface area contributed by atoms with Gasteiger partial charge in [0.2, 0.25) is 0 Å². The molecule has 0 spiro atoms. The van der Waals surface area contributed by atoms with Crippen molar-refractivity contribution >= 4 is 11.8 Å². The summed E-state index contributed by atoms with van der Waals surface area (Å²) in [6.07, 6.45) is 2.81. The van der Waals surface area contributed by atoms with Gasteiger partial charge in [0.15, 0.2) is 0 Å². The van der Waals surface area contributed by atoms with E-state index in [-0.39, 0.29) is 16.7 Å². The van der Waals surface area contributed by atoms with Gasteiger partial charge in [-0.25, -0.2) is 0 Å². The average molecular weight is 291 g/mol. The normalized spacial score (nSPS) is 13.6. The van der Waals surface area contributed by atoms with Gasteiger partial charge >= 0.3 is 5.51 Å². The van der Waals surface area contributed by atoms with Gasteiger partial charge < -0.3 is 5.32 Å². The summed E-state index contributed by atoms with van der Waals surface area (Å²) in [7, 11) is 1.91. The molecular weight excluding hydrogens is 271 g/mol. The molecule has 1 nitrogen and oxygen atoms in total. The molecule has 108 valence electrons. The number of rotatable bonds is 6. The third kappa shape index (κ3) is 6.87. The maximum absolute atomic E-state index is 12.4. The Balaban J connectivity index is 2.63. The van der Waals surface area contributed by atoms with E-state index in [1.807, 2.05) is 20.0 Å². The summed E-state index contributed by atoms with van der Waals surface area (Å²) in [5.74, 6) is 0. The van der Waals surface area contributed by atoms with E-state index in [0.717, 1.165) is 30.4 Å². The Kier molecular flexibility index (Phi) is 6.20. The predicted octanol–water partition coefficient (Wildman–Crippen LogP) is 4.54. The molecule has 0 aromatic heterocycles. The van der Waals surface area contributed by atoms with Gasteiger partial charge in [0.1, 0.15) is 0 Å². The number of halogens is 3. The lowest BCUT2D eigenvalue weighted by Crippen LogP contribution is -2.20. The Morgan fingerprint density at radius 3 is 2.53 bits per heavy atom. The molecule has 0 aliphatic heterocycles. The van der Waals surface area contributed by atoms with Crippen LogP contribution in [0.3, 0.4) is 0 Å². The van der Waals surface area contributed by atoms with Crippen molar-refractivity contribution in [2.75, 3.05) is 7.05 Å². The third-order valence-corrected chi connectivity index (χ3v) is 3.64.